The number of primary amides is 1. The lowest BCUT2D eigenvalue weighted by molar-refractivity contribution is -0.151. The van der Waals surface area contributed by atoms with Crippen LogP contribution in [-0.4, -0.2) is 41.3 Å². The van der Waals surface area contributed by atoms with Crippen molar-refractivity contribution in [3.8, 4) is 0 Å². The van der Waals surface area contributed by atoms with E-state index < -0.39 is 23.0 Å². The molecule has 1 aliphatic heterocycles. The molecule has 0 aromatic heterocycles. The Kier molecular flexibility index (Phi) is 3.54. The maximum atomic E-state index is 11.3. The van der Waals surface area contributed by atoms with Crippen LogP contribution in [0.15, 0.2) is 0 Å². The van der Waals surface area contributed by atoms with E-state index in [0.29, 0.717) is 26.1 Å². The van der Waals surface area contributed by atoms with Crippen LogP contribution in [0.2, 0.25) is 0 Å². The van der Waals surface area contributed by atoms with Crippen LogP contribution < -0.4 is 11.1 Å². The number of hydrogen-bond acceptors (Lipinski definition) is 4. The molecule has 0 saturated carbocycles. The Hall–Kier alpha value is -1.14. The van der Waals surface area contributed by atoms with E-state index in [4.69, 9.17) is 10.5 Å². The first-order valence-corrected chi connectivity index (χ1v) is 5.20. The Morgan fingerprint density at radius 1 is 1.38 bits per heavy atom. The second-order valence-electron chi connectivity index (χ2n) is 4.61. The summed E-state index contributed by atoms with van der Waals surface area (Å²) >= 11 is 0. The van der Waals surface area contributed by atoms with Crippen molar-refractivity contribution in [2.75, 3.05) is 13.2 Å². The second kappa shape index (κ2) is 4.39. The number of nitrogens with one attached hydrogen (secondary N) is 1. The third-order valence-corrected chi connectivity index (χ3v) is 2.92. The highest BCUT2D eigenvalue weighted by Gasteiger charge is 2.45. The number of aliphatic carboxylic acids is 1. The Morgan fingerprint density at radius 3 is 2.25 bits per heavy atom. The normalized spacial score (nSPS) is 20.4. The van der Waals surface area contributed by atoms with Crippen molar-refractivity contribution in [3.63, 3.8) is 0 Å². The maximum absolute atomic E-state index is 11.3. The zero-order valence-electron chi connectivity index (χ0n) is 9.58. The standard InChI is InChI=1S/C10H18N2O4/c1-9(2,7(11)13)12-10(8(14)15)3-5-16-6-4-10/h12H,3-6H2,1-2H3,(H2,11,13)(H,14,15). The summed E-state index contributed by atoms with van der Waals surface area (Å²) in [4.78, 5) is 22.5. The van der Waals surface area contributed by atoms with Gasteiger partial charge >= 0.3 is 5.97 Å². The summed E-state index contributed by atoms with van der Waals surface area (Å²) in [6, 6.07) is 0. The number of carbonyl (C=O) groups excluding carboxylic acids is 1. The molecule has 0 radical (unpaired) electrons. The highest BCUT2D eigenvalue weighted by atomic mass is 16.5. The van der Waals surface area contributed by atoms with Gasteiger partial charge in [0.05, 0.1) is 5.54 Å². The van der Waals surface area contributed by atoms with E-state index in [1.54, 1.807) is 13.8 Å². The van der Waals surface area contributed by atoms with Gasteiger partial charge in [-0.05, 0) is 26.7 Å². The molecule has 1 aliphatic rings. The first-order chi connectivity index (χ1) is 7.30. The van der Waals surface area contributed by atoms with E-state index >= 15 is 0 Å². The van der Waals surface area contributed by atoms with Gasteiger partial charge in [0.25, 0.3) is 0 Å². The molecule has 1 amide bonds. The minimum absolute atomic E-state index is 0.332. The molecule has 1 saturated heterocycles. The van der Waals surface area contributed by atoms with Crippen LogP contribution in [0.1, 0.15) is 26.7 Å². The minimum Gasteiger partial charge on any atom is -0.480 e. The van der Waals surface area contributed by atoms with E-state index in [2.05, 4.69) is 5.32 Å². The molecule has 16 heavy (non-hydrogen) atoms. The van der Waals surface area contributed by atoms with Gasteiger partial charge in [-0.2, -0.15) is 0 Å². The molecule has 1 rings (SSSR count). The monoisotopic (exact) mass is 230 g/mol. The third-order valence-electron chi connectivity index (χ3n) is 2.92. The number of hydrogen-bond donors (Lipinski definition) is 3. The van der Waals surface area contributed by atoms with Crippen LogP contribution in [0.3, 0.4) is 0 Å². The van der Waals surface area contributed by atoms with E-state index in [-0.39, 0.29) is 0 Å². The molecule has 0 unspecified atom stereocenters. The van der Waals surface area contributed by atoms with Crippen LogP contribution in [0.5, 0.6) is 0 Å². The zero-order valence-corrected chi connectivity index (χ0v) is 9.58. The van der Waals surface area contributed by atoms with Crippen molar-refractivity contribution in [2.45, 2.75) is 37.8 Å². The Labute approximate surface area is 94.1 Å². The Balaban J connectivity index is 2.87. The number of ether oxygens (including phenoxy) is 1. The predicted octanol–water partition coefficient (Wildman–Crippen LogP) is -0.526. The fourth-order valence-corrected chi connectivity index (χ4v) is 1.77. The summed E-state index contributed by atoms with van der Waals surface area (Å²) in [5.41, 5.74) is 3.06. The molecule has 0 spiro atoms. The largest absolute Gasteiger partial charge is 0.480 e. The molecular weight excluding hydrogens is 212 g/mol. The molecule has 0 aliphatic carbocycles. The van der Waals surface area contributed by atoms with E-state index in [1.807, 2.05) is 0 Å². The van der Waals surface area contributed by atoms with Gasteiger partial charge in [-0.15, -0.1) is 0 Å². The Morgan fingerprint density at radius 2 is 1.88 bits per heavy atom. The first-order valence-electron chi connectivity index (χ1n) is 5.20. The highest BCUT2D eigenvalue weighted by Crippen LogP contribution is 2.24. The van der Waals surface area contributed by atoms with Crippen molar-refractivity contribution >= 4 is 11.9 Å². The fourth-order valence-electron chi connectivity index (χ4n) is 1.77. The molecule has 0 atom stereocenters. The molecule has 4 N–H and O–H groups in total. The van der Waals surface area contributed by atoms with Gasteiger partial charge in [0.15, 0.2) is 0 Å². The molecule has 6 heteroatoms. The van der Waals surface area contributed by atoms with E-state index in [9.17, 15) is 14.7 Å². The summed E-state index contributed by atoms with van der Waals surface area (Å²) in [6.45, 7) is 3.90. The van der Waals surface area contributed by atoms with Crippen LogP contribution in [0.25, 0.3) is 0 Å². The SMILES string of the molecule is CC(C)(NC1(C(=O)O)CCOCC1)C(N)=O. The summed E-state index contributed by atoms with van der Waals surface area (Å²) in [7, 11) is 0. The summed E-state index contributed by atoms with van der Waals surface area (Å²) in [5, 5.41) is 12.1. The molecule has 6 nitrogen and oxygen atoms in total. The molecule has 1 heterocycles. The number of amides is 1. The molecule has 92 valence electrons. The Bertz CT molecular complexity index is 295. The van der Waals surface area contributed by atoms with Crippen LogP contribution in [0, 0.1) is 0 Å². The number of carbonyl (C=O) groups is 2. The van der Waals surface area contributed by atoms with Gasteiger partial charge in [0.2, 0.25) is 5.91 Å². The fraction of sp³-hybridized carbons (Fsp3) is 0.800. The van der Waals surface area contributed by atoms with Crippen molar-refractivity contribution in [2.24, 2.45) is 5.73 Å². The van der Waals surface area contributed by atoms with Gasteiger partial charge in [-0.25, -0.2) is 0 Å². The molecule has 0 aromatic rings. The van der Waals surface area contributed by atoms with E-state index in [0.717, 1.165) is 0 Å². The number of carboxylic acid groups (broad SMARTS) is 1. The quantitative estimate of drug-likeness (QED) is 0.603. The lowest BCUT2D eigenvalue weighted by Gasteiger charge is -2.39. The average molecular weight is 230 g/mol. The van der Waals surface area contributed by atoms with Gasteiger partial charge in [0, 0.05) is 13.2 Å². The maximum Gasteiger partial charge on any atom is 0.324 e. The minimum atomic E-state index is -1.11. The highest BCUT2D eigenvalue weighted by molar-refractivity contribution is 5.86. The van der Waals surface area contributed by atoms with Crippen LogP contribution in [-0.2, 0) is 14.3 Å². The van der Waals surface area contributed by atoms with Crippen LogP contribution >= 0.6 is 0 Å². The van der Waals surface area contributed by atoms with Gasteiger partial charge in [-0.1, -0.05) is 0 Å². The lowest BCUT2D eigenvalue weighted by atomic mass is 9.86. The third kappa shape index (κ3) is 2.51. The van der Waals surface area contributed by atoms with E-state index in [1.165, 1.54) is 0 Å². The average Bonchev–Trinajstić information content (AvgIpc) is 2.18. The molecule has 0 bridgehead atoms. The summed E-state index contributed by atoms with van der Waals surface area (Å²) in [6.07, 6.45) is 0.665. The number of nitrogens with two attached hydrogens (primary N) is 1. The van der Waals surface area contributed by atoms with Gasteiger partial charge in [-0.3, -0.25) is 14.9 Å². The first kappa shape index (κ1) is 12.9. The zero-order chi connectivity index (χ0) is 12.4. The number of carboxylic acids is 1. The predicted molar refractivity (Wildman–Crippen MR) is 56.8 cm³/mol. The van der Waals surface area contributed by atoms with Gasteiger partial charge < -0.3 is 15.6 Å². The molecule has 0 aromatic carbocycles. The smallest absolute Gasteiger partial charge is 0.324 e. The number of rotatable bonds is 4. The lowest BCUT2D eigenvalue weighted by Crippen LogP contribution is -2.65. The van der Waals surface area contributed by atoms with Crippen molar-refractivity contribution in [1.82, 2.24) is 5.32 Å². The molecule has 1 fully saturated rings. The second-order valence-corrected chi connectivity index (χ2v) is 4.61. The summed E-state index contributed by atoms with van der Waals surface area (Å²) in [5.74, 6) is -1.54. The van der Waals surface area contributed by atoms with Crippen molar-refractivity contribution < 1.29 is 19.4 Å². The topological polar surface area (TPSA) is 102 Å². The van der Waals surface area contributed by atoms with Gasteiger partial charge in [0.1, 0.15) is 5.54 Å². The molecular formula is C10H18N2O4. The van der Waals surface area contributed by atoms with Crippen LogP contribution in [0.4, 0.5) is 0 Å². The van der Waals surface area contributed by atoms with Crippen molar-refractivity contribution in [1.29, 1.82) is 0 Å². The van der Waals surface area contributed by atoms with Crippen molar-refractivity contribution in [3.05, 3.63) is 0 Å². The summed E-state index contributed by atoms with van der Waals surface area (Å²) < 4.78 is 5.13.